The minimum atomic E-state index is -0.649. The van der Waals surface area contributed by atoms with Crippen LogP contribution in [0.4, 0.5) is 4.39 Å². The van der Waals surface area contributed by atoms with Crippen LogP contribution in [-0.2, 0) is 0 Å². The van der Waals surface area contributed by atoms with Crippen molar-refractivity contribution in [2.45, 2.75) is 12.5 Å². The number of likely N-dealkylation sites (tertiary alicyclic amines) is 1. The summed E-state index contributed by atoms with van der Waals surface area (Å²) in [7, 11) is 1.41. The monoisotopic (exact) mass is 438 g/mol. The Bertz CT molecular complexity index is 996. The molecule has 1 saturated heterocycles. The second kappa shape index (κ2) is 9.92. The second-order valence-corrected chi connectivity index (χ2v) is 8.48. The van der Waals surface area contributed by atoms with E-state index in [1.54, 1.807) is 31.2 Å². The van der Waals surface area contributed by atoms with Crippen LogP contribution in [0.1, 0.15) is 17.3 Å². The number of amides is 1. The van der Waals surface area contributed by atoms with Crippen LogP contribution in [0, 0.1) is 5.92 Å². The molecule has 0 radical (unpaired) electrons. The smallest absolute Gasteiger partial charge is 0.253 e. The molecule has 1 fully saturated rings. The number of nitrogens with two attached hydrogens (primary N) is 1. The third kappa shape index (κ3) is 4.88. The minimum absolute atomic E-state index is 0.0168. The Morgan fingerprint density at radius 2 is 2.06 bits per heavy atom. The largest absolute Gasteiger partial charge is 0.379 e. The van der Waals surface area contributed by atoms with E-state index in [1.807, 2.05) is 41.3 Å². The first-order valence-corrected chi connectivity index (χ1v) is 11.1. The van der Waals surface area contributed by atoms with E-state index in [-0.39, 0.29) is 11.8 Å². The molecule has 1 amide bonds. The molecule has 1 aromatic rings. The molecule has 2 atom stereocenters. The summed E-state index contributed by atoms with van der Waals surface area (Å²) < 4.78 is 13.7. The zero-order valence-electron chi connectivity index (χ0n) is 17.8. The maximum absolute atomic E-state index is 13.7. The average molecular weight is 439 g/mol. The predicted octanol–water partition coefficient (Wildman–Crippen LogP) is 4.17. The van der Waals surface area contributed by atoms with Gasteiger partial charge in [0.15, 0.2) is 5.17 Å². The Hall–Kier alpha value is -2.93. The standard InChI is InChI=1S/C24H27FN4OS/c1-4-18(21(25)27-3)11-9-8-10-17(2)24-16-29(14-20(24)15-31-23(26)28-24)22(30)19-12-6-5-7-13-19/h4-13,20H,2,14-16H2,1,3H3,(H2,26,28)/b10-8-,11-9+,18-4-,27-21+/t20-,24+/m0/s1. The number of carbonyl (C=O) groups excluding carboxylic acids is 1. The lowest BCUT2D eigenvalue weighted by atomic mass is 9.82. The number of thioether (sulfide) groups is 1. The van der Waals surface area contributed by atoms with Crippen molar-refractivity contribution in [3.8, 4) is 0 Å². The quantitative estimate of drug-likeness (QED) is 0.535. The van der Waals surface area contributed by atoms with Gasteiger partial charge in [-0.15, -0.1) is 0 Å². The number of carbonyl (C=O) groups is 1. The second-order valence-electron chi connectivity index (χ2n) is 7.44. The highest BCUT2D eigenvalue weighted by Gasteiger charge is 2.51. The Balaban J connectivity index is 1.81. The predicted molar refractivity (Wildman–Crippen MR) is 128 cm³/mol. The number of rotatable bonds is 6. The highest BCUT2D eigenvalue weighted by Crippen LogP contribution is 2.43. The molecule has 2 aliphatic rings. The Morgan fingerprint density at radius 3 is 2.74 bits per heavy atom. The van der Waals surface area contributed by atoms with E-state index in [2.05, 4.69) is 11.6 Å². The highest BCUT2D eigenvalue weighted by molar-refractivity contribution is 8.13. The number of benzene rings is 1. The molecule has 7 heteroatoms. The number of amidine groups is 1. The first-order valence-electron chi connectivity index (χ1n) is 10.1. The van der Waals surface area contributed by atoms with Crippen molar-refractivity contribution in [2.24, 2.45) is 21.6 Å². The van der Waals surface area contributed by atoms with Crippen LogP contribution in [-0.4, -0.2) is 53.4 Å². The van der Waals surface area contributed by atoms with Gasteiger partial charge in [0.2, 0.25) is 5.97 Å². The molecule has 0 unspecified atom stereocenters. The third-order valence-electron chi connectivity index (χ3n) is 5.58. The molecule has 3 rings (SSSR count). The van der Waals surface area contributed by atoms with E-state index in [1.165, 1.54) is 18.8 Å². The van der Waals surface area contributed by atoms with Crippen molar-refractivity contribution in [1.29, 1.82) is 0 Å². The van der Waals surface area contributed by atoms with Gasteiger partial charge in [-0.05, 0) is 24.6 Å². The molecule has 0 aliphatic carbocycles. The molecule has 0 bridgehead atoms. The van der Waals surface area contributed by atoms with Crippen molar-refractivity contribution < 1.29 is 9.18 Å². The lowest BCUT2D eigenvalue weighted by Gasteiger charge is -2.34. The van der Waals surface area contributed by atoms with Gasteiger partial charge in [0.05, 0.1) is 6.54 Å². The van der Waals surface area contributed by atoms with E-state index in [0.29, 0.717) is 29.4 Å². The Labute approximate surface area is 187 Å². The topological polar surface area (TPSA) is 71.0 Å². The average Bonchev–Trinajstić information content (AvgIpc) is 3.18. The number of fused-ring (bicyclic) bond motifs is 1. The molecule has 2 N–H and O–H groups in total. The number of hydrogen-bond acceptors (Lipinski definition) is 5. The zero-order chi connectivity index (χ0) is 22.4. The summed E-state index contributed by atoms with van der Waals surface area (Å²) in [5, 5.41) is 0.507. The number of hydrogen-bond donors (Lipinski definition) is 1. The lowest BCUT2D eigenvalue weighted by molar-refractivity contribution is 0.0784. The molecule has 162 valence electrons. The zero-order valence-corrected chi connectivity index (χ0v) is 18.6. The van der Waals surface area contributed by atoms with Gasteiger partial charge in [-0.2, -0.15) is 4.39 Å². The van der Waals surface area contributed by atoms with E-state index < -0.39 is 11.5 Å². The maximum Gasteiger partial charge on any atom is 0.253 e. The normalized spacial score (nSPS) is 24.5. The fourth-order valence-corrected chi connectivity index (χ4v) is 4.86. The number of nitrogens with zero attached hydrogens (tertiary/aromatic N) is 3. The summed E-state index contributed by atoms with van der Waals surface area (Å²) in [5.41, 5.74) is 7.27. The van der Waals surface area contributed by atoms with Gasteiger partial charge in [-0.25, -0.2) is 4.99 Å². The van der Waals surface area contributed by atoms with Crippen molar-refractivity contribution in [3.63, 3.8) is 0 Å². The van der Waals surface area contributed by atoms with Crippen LogP contribution in [0.15, 0.2) is 88.4 Å². The molecular weight excluding hydrogens is 411 g/mol. The summed E-state index contributed by atoms with van der Waals surface area (Å²) in [6.45, 7) is 7.04. The van der Waals surface area contributed by atoms with Crippen molar-refractivity contribution >= 4 is 28.8 Å². The maximum atomic E-state index is 13.7. The van der Waals surface area contributed by atoms with E-state index in [4.69, 9.17) is 10.7 Å². The molecule has 31 heavy (non-hydrogen) atoms. The van der Waals surface area contributed by atoms with Gasteiger partial charge in [-0.1, -0.05) is 66.9 Å². The van der Waals surface area contributed by atoms with Gasteiger partial charge in [0, 0.05) is 36.4 Å². The summed E-state index contributed by atoms with van der Waals surface area (Å²) in [6.07, 6.45) is 8.71. The van der Waals surface area contributed by atoms with E-state index in [0.717, 1.165) is 11.3 Å². The molecule has 2 aliphatic heterocycles. The summed E-state index contributed by atoms with van der Waals surface area (Å²) in [6, 6.07) is 9.25. The van der Waals surface area contributed by atoms with Gasteiger partial charge >= 0.3 is 0 Å². The minimum Gasteiger partial charge on any atom is -0.379 e. The first-order chi connectivity index (χ1) is 14.9. The van der Waals surface area contributed by atoms with Gasteiger partial charge in [0.25, 0.3) is 5.91 Å². The van der Waals surface area contributed by atoms with Crippen molar-refractivity contribution in [1.82, 2.24) is 4.90 Å². The Morgan fingerprint density at radius 1 is 1.35 bits per heavy atom. The number of allylic oxidation sites excluding steroid dienone is 5. The lowest BCUT2D eigenvalue weighted by Crippen LogP contribution is -2.43. The molecule has 0 spiro atoms. The highest BCUT2D eigenvalue weighted by atomic mass is 32.2. The van der Waals surface area contributed by atoms with Gasteiger partial charge in [0.1, 0.15) is 5.54 Å². The fourth-order valence-electron chi connectivity index (χ4n) is 3.88. The molecular formula is C24H27FN4OS. The summed E-state index contributed by atoms with van der Waals surface area (Å²) in [5.74, 6) is 0.362. The van der Waals surface area contributed by atoms with Crippen LogP contribution >= 0.6 is 11.8 Å². The van der Waals surface area contributed by atoms with Gasteiger partial charge < -0.3 is 10.6 Å². The van der Waals surface area contributed by atoms with Crippen molar-refractivity contribution in [2.75, 3.05) is 25.9 Å². The van der Waals surface area contributed by atoms with Crippen LogP contribution in [0.25, 0.3) is 0 Å². The van der Waals surface area contributed by atoms with Crippen LogP contribution in [0.2, 0.25) is 0 Å². The van der Waals surface area contributed by atoms with Gasteiger partial charge in [-0.3, -0.25) is 9.79 Å². The molecule has 0 saturated carbocycles. The third-order valence-corrected chi connectivity index (χ3v) is 6.54. The summed E-state index contributed by atoms with van der Waals surface area (Å²) in [4.78, 5) is 23.2. The first kappa shape index (κ1) is 22.7. The van der Waals surface area contributed by atoms with Crippen LogP contribution in [0.5, 0.6) is 0 Å². The fraction of sp³-hybridized carbons (Fsp3) is 0.292. The van der Waals surface area contributed by atoms with Crippen LogP contribution < -0.4 is 5.73 Å². The molecule has 2 heterocycles. The summed E-state index contributed by atoms with van der Waals surface area (Å²) >= 11 is 1.51. The number of aliphatic imine (C=N–C) groups is 2. The van der Waals surface area contributed by atoms with E-state index >= 15 is 0 Å². The molecule has 5 nitrogen and oxygen atoms in total. The Kier molecular flexibility index (Phi) is 7.28. The molecule has 1 aromatic carbocycles. The van der Waals surface area contributed by atoms with Crippen molar-refractivity contribution in [3.05, 3.63) is 84.0 Å². The van der Waals surface area contributed by atoms with Crippen LogP contribution in [0.3, 0.4) is 0 Å². The van der Waals surface area contributed by atoms with E-state index in [9.17, 15) is 9.18 Å². The number of halogens is 1. The SMILES string of the molecule is C=C(\C=C/C=C/C(=C/C)C(/F)=N\C)[C@]12CN(C(=O)c3ccccc3)C[C@H]1CSC(N)=N2. The molecule has 0 aromatic heterocycles.